The smallest absolute Gasteiger partial charge is 0.248 e. The topological polar surface area (TPSA) is 55.4 Å². The fraction of sp³-hybridized carbons (Fsp3) is 0.158. The third-order valence-electron chi connectivity index (χ3n) is 3.16. The highest BCUT2D eigenvalue weighted by atomic mass is 19.1. The minimum absolute atomic E-state index is 0.333. The molecule has 1 amide bonds. The molecule has 0 radical (unpaired) electrons. The van der Waals surface area contributed by atoms with Gasteiger partial charge in [0.1, 0.15) is 17.9 Å². The van der Waals surface area contributed by atoms with Crippen LogP contribution in [0.4, 0.5) is 10.1 Å². The molecule has 124 valence electrons. The molecule has 5 heteroatoms. The predicted octanol–water partition coefficient (Wildman–Crippen LogP) is 4.08. The van der Waals surface area contributed by atoms with Gasteiger partial charge >= 0.3 is 0 Å². The van der Waals surface area contributed by atoms with Gasteiger partial charge in [0.05, 0.1) is 12.3 Å². The number of halogens is 1. The van der Waals surface area contributed by atoms with Crippen LogP contribution in [0.25, 0.3) is 6.08 Å². The van der Waals surface area contributed by atoms with Crippen molar-refractivity contribution in [2.45, 2.75) is 13.3 Å². The highest BCUT2D eigenvalue weighted by molar-refractivity contribution is 6.03. The average Bonchev–Trinajstić information content (AvgIpc) is 2.60. The molecule has 0 saturated heterocycles. The lowest BCUT2D eigenvalue weighted by Crippen LogP contribution is -2.10. The molecule has 0 heterocycles. The second kappa shape index (κ2) is 8.62. The van der Waals surface area contributed by atoms with Gasteiger partial charge in [-0.3, -0.25) is 9.59 Å². The van der Waals surface area contributed by atoms with Crippen molar-refractivity contribution in [3.8, 4) is 5.75 Å². The third-order valence-corrected chi connectivity index (χ3v) is 3.16. The second-order valence-corrected chi connectivity index (χ2v) is 5.10. The van der Waals surface area contributed by atoms with E-state index in [1.54, 1.807) is 36.4 Å². The Bertz CT molecular complexity index is 739. The molecule has 0 aliphatic rings. The van der Waals surface area contributed by atoms with E-state index in [1.165, 1.54) is 18.2 Å². The number of anilines is 1. The number of nitrogens with one attached hydrogen (secondary N) is 1. The summed E-state index contributed by atoms with van der Waals surface area (Å²) in [5, 5.41) is 2.69. The summed E-state index contributed by atoms with van der Waals surface area (Å²) in [6, 6.07) is 10.6. The van der Waals surface area contributed by atoms with Gasteiger partial charge in [0, 0.05) is 11.6 Å². The molecule has 2 aromatic carbocycles. The summed E-state index contributed by atoms with van der Waals surface area (Å²) in [7, 11) is 0. The van der Waals surface area contributed by atoms with E-state index in [1.807, 2.05) is 6.92 Å². The fourth-order valence-corrected chi connectivity index (χ4v) is 1.98. The zero-order valence-electron chi connectivity index (χ0n) is 13.3. The number of amides is 1. The molecule has 0 aromatic heterocycles. The summed E-state index contributed by atoms with van der Waals surface area (Å²) >= 11 is 0. The Morgan fingerprint density at radius 2 is 1.88 bits per heavy atom. The lowest BCUT2D eigenvalue weighted by atomic mass is 10.2. The number of rotatable bonds is 7. The van der Waals surface area contributed by atoms with Crippen LogP contribution in [-0.2, 0) is 4.79 Å². The van der Waals surface area contributed by atoms with Gasteiger partial charge in [0.2, 0.25) is 5.91 Å². The lowest BCUT2D eigenvalue weighted by Gasteiger charge is -2.11. The first kappa shape index (κ1) is 17.4. The zero-order chi connectivity index (χ0) is 17.4. The van der Waals surface area contributed by atoms with E-state index in [0.717, 1.165) is 6.42 Å². The number of benzene rings is 2. The monoisotopic (exact) mass is 327 g/mol. The SMILES string of the molecule is CCCOc1ccc(C=O)cc1NC(=O)/C=C/c1ccc(F)cc1. The molecule has 0 unspecified atom stereocenters. The minimum Gasteiger partial charge on any atom is -0.491 e. The molecule has 0 aliphatic heterocycles. The normalized spacial score (nSPS) is 10.6. The van der Waals surface area contributed by atoms with Crippen molar-refractivity contribution in [1.82, 2.24) is 0 Å². The highest BCUT2D eigenvalue weighted by Gasteiger charge is 2.07. The first-order chi connectivity index (χ1) is 11.6. The van der Waals surface area contributed by atoms with Gasteiger partial charge in [0.15, 0.2) is 0 Å². The molecule has 0 atom stereocenters. The number of hydrogen-bond acceptors (Lipinski definition) is 3. The third kappa shape index (κ3) is 5.05. The van der Waals surface area contributed by atoms with E-state index >= 15 is 0 Å². The average molecular weight is 327 g/mol. The van der Waals surface area contributed by atoms with E-state index in [0.29, 0.717) is 35.5 Å². The minimum atomic E-state index is -0.372. The van der Waals surface area contributed by atoms with Crippen LogP contribution >= 0.6 is 0 Å². The van der Waals surface area contributed by atoms with Crippen molar-refractivity contribution >= 4 is 24.0 Å². The van der Waals surface area contributed by atoms with Crippen molar-refractivity contribution < 1.29 is 18.7 Å². The maximum Gasteiger partial charge on any atom is 0.248 e. The van der Waals surface area contributed by atoms with Crippen LogP contribution in [0, 0.1) is 5.82 Å². The zero-order valence-corrected chi connectivity index (χ0v) is 13.3. The molecular weight excluding hydrogens is 309 g/mol. The number of carbonyl (C=O) groups is 2. The number of ether oxygens (including phenoxy) is 1. The molecule has 4 nitrogen and oxygen atoms in total. The van der Waals surface area contributed by atoms with Crippen molar-refractivity contribution in [3.05, 3.63) is 65.5 Å². The van der Waals surface area contributed by atoms with Crippen LogP contribution in [-0.4, -0.2) is 18.8 Å². The first-order valence-electron chi connectivity index (χ1n) is 7.59. The second-order valence-electron chi connectivity index (χ2n) is 5.10. The van der Waals surface area contributed by atoms with Gasteiger partial charge in [-0.2, -0.15) is 0 Å². The summed E-state index contributed by atoms with van der Waals surface area (Å²) in [5.74, 6) is -0.199. The fourth-order valence-electron chi connectivity index (χ4n) is 1.98. The van der Waals surface area contributed by atoms with Crippen LogP contribution < -0.4 is 10.1 Å². The summed E-state index contributed by atoms with van der Waals surface area (Å²) in [4.78, 5) is 23.0. The molecule has 0 saturated carbocycles. The number of hydrogen-bond donors (Lipinski definition) is 1. The van der Waals surface area contributed by atoms with Crippen molar-refractivity contribution in [3.63, 3.8) is 0 Å². The highest BCUT2D eigenvalue weighted by Crippen LogP contribution is 2.25. The van der Waals surface area contributed by atoms with Gasteiger partial charge < -0.3 is 10.1 Å². The molecule has 0 aliphatic carbocycles. The van der Waals surface area contributed by atoms with Gasteiger partial charge in [-0.05, 0) is 48.4 Å². The van der Waals surface area contributed by atoms with Crippen LogP contribution in [0.1, 0.15) is 29.3 Å². The van der Waals surface area contributed by atoms with Crippen LogP contribution in [0.15, 0.2) is 48.5 Å². The Labute approximate surface area is 140 Å². The predicted molar refractivity (Wildman–Crippen MR) is 91.7 cm³/mol. The van der Waals surface area contributed by atoms with Crippen LogP contribution in [0.3, 0.4) is 0 Å². The molecule has 0 spiro atoms. The standard InChI is InChI=1S/C19H18FNO3/c1-2-11-24-18-9-5-15(13-22)12-17(18)21-19(23)10-6-14-3-7-16(20)8-4-14/h3-10,12-13H,2,11H2,1H3,(H,21,23)/b10-6+. The Balaban J connectivity index is 2.11. The van der Waals surface area contributed by atoms with Crippen molar-refractivity contribution in [2.75, 3.05) is 11.9 Å². The van der Waals surface area contributed by atoms with Gasteiger partial charge in [0.25, 0.3) is 0 Å². The van der Waals surface area contributed by atoms with E-state index in [9.17, 15) is 14.0 Å². The molecule has 24 heavy (non-hydrogen) atoms. The Morgan fingerprint density at radius 3 is 2.54 bits per heavy atom. The van der Waals surface area contributed by atoms with Gasteiger partial charge in [-0.25, -0.2) is 4.39 Å². The summed E-state index contributed by atoms with van der Waals surface area (Å²) in [5.41, 5.74) is 1.58. The quantitative estimate of drug-likeness (QED) is 0.616. The van der Waals surface area contributed by atoms with Crippen LogP contribution in [0.5, 0.6) is 5.75 Å². The first-order valence-corrected chi connectivity index (χ1v) is 7.59. The molecule has 2 rings (SSSR count). The molecule has 1 N–H and O–H groups in total. The maximum absolute atomic E-state index is 12.8. The largest absolute Gasteiger partial charge is 0.491 e. The molecule has 2 aromatic rings. The van der Waals surface area contributed by atoms with E-state index < -0.39 is 0 Å². The van der Waals surface area contributed by atoms with Crippen molar-refractivity contribution in [2.24, 2.45) is 0 Å². The number of carbonyl (C=O) groups excluding carboxylic acids is 2. The summed E-state index contributed by atoms with van der Waals surface area (Å²) < 4.78 is 18.4. The van der Waals surface area contributed by atoms with Gasteiger partial charge in [-0.15, -0.1) is 0 Å². The Kier molecular flexibility index (Phi) is 6.25. The Hall–Kier alpha value is -2.95. The van der Waals surface area contributed by atoms with Crippen molar-refractivity contribution in [1.29, 1.82) is 0 Å². The van der Waals surface area contributed by atoms with E-state index in [4.69, 9.17) is 4.74 Å². The molecule has 0 bridgehead atoms. The summed E-state index contributed by atoms with van der Waals surface area (Å²) in [6.45, 7) is 2.48. The van der Waals surface area contributed by atoms with Gasteiger partial charge in [-0.1, -0.05) is 19.1 Å². The van der Waals surface area contributed by atoms with E-state index in [-0.39, 0.29) is 11.7 Å². The molecular formula is C19H18FNO3. The number of aldehydes is 1. The maximum atomic E-state index is 12.8. The Morgan fingerprint density at radius 1 is 1.17 bits per heavy atom. The lowest BCUT2D eigenvalue weighted by molar-refractivity contribution is -0.111. The molecule has 0 fully saturated rings. The van der Waals surface area contributed by atoms with E-state index in [2.05, 4.69) is 5.32 Å². The summed E-state index contributed by atoms with van der Waals surface area (Å²) in [6.07, 6.45) is 4.44. The van der Waals surface area contributed by atoms with Crippen LogP contribution in [0.2, 0.25) is 0 Å².